The zero-order valence-electron chi connectivity index (χ0n) is 22.4. The number of carbonyl (C=O) groups is 1. The number of oxime groups is 1. The smallest absolute Gasteiger partial charge is 0.305 e. The summed E-state index contributed by atoms with van der Waals surface area (Å²) in [6.45, 7) is 14.3. The van der Waals surface area contributed by atoms with Gasteiger partial charge in [-0.05, 0) is 130 Å². The van der Waals surface area contributed by atoms with E-state index < -0.39 is 8.32 Å². The first kappa shape index (κ1) is 25.3. The van der Waals surface area contributed by atoms with Gasteiger partial charge >= 0.3 is 5.97 Å². The number of nitrogens with zero attached hydrogens (tertiary/aromatic N) is 1. The van der Waals surface area contributed by atoms with Crippen molar-refractivity contribution in [2.45, 2.75) is 111 Å². The van der Waals surface area contributed by atoms with Crippen molar-refractivity contribution < 1.29 is 14.1 Å². The number of methoxy groups -OCH3 is 1. The lowest BCUT2D eigenvalue weighted by molar-refractivity contribution is -0.141. The zero-order valence-corrected chi connectivity index (χ0v) is 23.4. The van der Waals surface area contributed by atoms with E-state index >= 15 is 0 Å². The van der Waals surface area contributed by atoms with Gasteiger partial charge in [-0.3, -0.25) is 4.79 Å². The molecule has 0 aromatic carbocycles. The molecule has 4 nitrogen and oxygen atoms in total. The number of carbonyl (C=O) groups excluding carboxylic acids is 1. The number of hydrogen-bond donors (Lipinski definition) is 0. The lowest BCUT2D eigenvalue weighted by atomic mass is 9.44. The molecular formula is C28H49NO3Si. The van der Waals surface area contributed by atoms with Crippen LogP contribution in [-0.2, 0) is 14.1 Å². The Kier molecular flexibility index (Phi) is 7.13. The predicted molar refractivity (Wildman–Crippen MR) is 137 cm³/mol. The van der Waals surface area contributed by atoms with Crippen LogP contribution < -0.4 is 0 Å². The number of esters is 1. The third-order valence-electron chi connectivity index (χ3n) is 10.7. The minimum Gasteiger partial charge on any atom is -0.469 e. The predicted octanol–water partition coefficient (Wildman–Crippen LogP) is 7.44. The van der Waals surface area contributed by atoms with Crippen molar-refractivity contribution in [2.24, 2.45) is 51.5 Å². The molecule has 0 amide bonds. The monoisotopic (exact) mass is 475 g/mol. The summed E-state index contributed by atoms with van der Waals surface area (Å²) >= 11 is 0. The summed E-state index contributed by atoms with van der Waals surface area (Å²) in [6, 6.07) is 0. The normalized spacial score (nSPS) is 42.8. The second-order valence-electron chi connectivity index (χ2n) is 13.5. The van der Waals surface area contributed by atoms with Crippen LogP contribution in [0.5, 0.6) is 0 Å². The van der Waals surface area contributed by atoms with Crippen molar-refractivity contribution in [3.8, 4) is 0 Å². The van der Waals surface area contributed by atoms with Gasteiger partial charge < -0.3 is 9.26 Å². The van der Waals surface area contributed by atoms with Gasteiger partial charge in [-0.15, -0.1) is 5.16 Å². The number of fused-ring (bicyclic) bond motifs is 5. The average Bonchev–Trinajstić information content (AvgIpc) is 3.12. The second-order valence-corrected chi connectivity index (χ2v) is 17.9. The molecule has 0 heterocycles. The highest BCUT2D eigenvalue weighted by atomic mass is 28.4. The number of ether oxygens (including phenoxy) is 1. The van der Waals surface area contributed by atoms with Crippen LogP contribution in [0, 0.1) is 46.3 Å². The van der Waals surface area contributed by atoms with Crippen molar-refractivity contribution >= 4 is 20.0 Å². The van der Waals surface area contributed by atoms with Crippen LogP contribution in [0.2, 0.25) is 19.6 Å². The third kappa shape index (κ3) is 4.82. The largest absolute Gasteiger partial charge is 0.469 e. The van der Waals surface area contributed by atoms with Crippen LogP contribution in [0.3, 0.4) is 0 Å². The zero-order chi connectivity index (χ0) is 24.0. The summed E-state index contributed by atoms with van der Waals surface area (Å²) < 4.78 is 10.8. The van der Waals surface area contributed by atoms with Gasteiger partial charge in [-0.2, -0.15) is 0 Å². The van der Waals surface area contributed by atoms with Crippen molar-refractivity contribution in [3.63, 3.8) is 0 Å². The van der Waals surface area contributed by atoms with Crippen molar-refractivity contribution in [3.05, 3.63) is 0 Å². The van der Waals surface area contributed by atoms with Gasteiger partial charge in [0.2, 0.25) is 0 Å². The minimum atomic E-state index is -1.60. The highest BCUT2D eigenvalue weighted by Crippen LogP contribution is 2.68. The lowest BCUT2D eigenvalue weighted by Gasteiger charge is -2.60. The molecular weight excluding hydrogens is 426 g/mol. The van der Waals surface area contributed by atoms with E-state index in [-0.39, 0.29) is 5.97 Å². The molecule has 8 atom stereocenters. The van der Waals surface area contributed by atoms with Crippen LogP contribution in [0.25, 0.3) is 0 Å². The van der Waals surface area contributed by atoms with Crippen molar-refractivity contribution in [1.29, 1.82) is 0 Å². The Bertz CT molecular complexity index is 761. The highest BCUT2D eigenvalue weighted by molar-refractivity contribution is 6.69. The summed E-state index contributed by atoms with van der Waals surface area (Å²) in [6.07, 6.45) is 13.5. The number of hydrogen-bond acceptors (Lipinski definition) is 4. The Morgan fingerprint density at radius 2 is 1.79 bits per heavy atom. The van der Waals surface area contributed by atoms with Crippen molar-refractivity contribution in [1.82, 2.24) is 0 Å². The Morgan fingerprint density at radius 1 is 1.06 bits per heavy atom. The summed E-state index contributed by atoms with van der Waals surface area (Å²) in [5.41, 5.74) is 2.28. The third-order valence-corrected chi connectivity index (χ3v) is 11.4. The molecule has 0 bridgehead atoms. The molecule has 4 fully saturated rings. The van der Waals surface area contributed by atoms with Crippen molar-refractivity contribution in [2.75, 3.05) is 7.11 Å². The first-order valence-electron chi connectivity index (χ1n) is 13.8. The quantitative estimate of drug-likeness (QED) is 0.228. The maximum Gasteiger partial charge on any atom is 0.305 e. The van der Waals surface area contributed by atoms with Crippen LogP contribution in [0.1, 0.15) is 91.4 Å². The van der Waals surface area contributed by atoms with Crippen LogP contribution in [-0.4, -0.2) is 27.1 Å². The van der Waals surface area contributed by atoms with E-state index in [4.69, 9.17) is 9.26 Å². The Balaban J connectivity index is 1.44. The summed E-state index contributed by atoms with van der Waals surface area (Å²) in [5, 5.41) is 4.66. The van der Waals surface area contributed by atoms with E-state index in [2.05, 4.69) is 45.6 Å². The van der Waals surface area contributed by atoms with Crippen LogP contribution >= 0.6 is 0 Å². The molecule has 4 aliphatic carbocycles. The fraction of sp³-hybridized carbons (Fsp3) is 0.929. The molecule has 7 unspecified atom stereocenters. The molecule has 0 spiro atoms. The molecule has 4 rings (SSSR count). The fourth-order valence-corrected chi connectivity index (χ4v) is 9.37. The van der Waals surface area contributed by atoms with E-state index in [0.29, 0.717) is 23.2 Å². The Morgan fingerprint density at radius 3 is 2.48 bits per heavy atom. The topological polar surface area (TPSA) is 47.9 Å². The molecule has 0 aromatic rings. The van der Waals surface area contributed by atoms with Gasteiger partial charge in [-0.1, -0.05) is 20.8 Å². The molecule has 0 aromatic heterocycles. The van der Waals surface area contributed by atoms with Gasteiger partial charge in [0.25, 0.3) is 8.32 Å². The Hall–Kier alpha value is -0.843. The van der Waals surface area contributed by atoms with E-state index in [0.717, 1.165) is 42.4 Å². The SMILES string of the molecule is COC(=O)CCC(C)C1CCC2C3CC[C@H]4CC(=NO[Si](C)(C)C)CCC4(C)C3CCC12C. The average molecular weight is 476 g/mol. The molecule has 0 N–H and O–H groups in total. The second kappa shape index (κ2) is 9.31. The van der Waals surface area contributed by atoms with Gasteiger partial charge in [0.05, 0.1) is 12.8 Å². The molecule has 5 heteroatoms. The maximum absolute atomic E-state index is 11.7. The first-order chi connectivity index (χ1) is 15.5. The highest BCUT2D eigenvalue weighted by Gasteiger charge is 2.60. The van der Waals surface area contributed by atoms with E-state index in [1.807, 2.05) is 0 Å². The molecule has 188 valence electrons. The standard InChI is InChI=1S/C28H49NO3Si/c1-19(8-13-26(30)31-4)23-11-12-24-22-10-9-20-18-21(29-32-33(5,6)7)14-16-27(20,2)25(22)15-17-28(23,24)3/h19-20,22-25H,8-18H2,1-7H3/t19?,20-,22?,23?,24?,25?,27?,28?/m0/s1. The minimum absolute atomic E-state index is 0.0491. The molecule has 33 heavy (non-hydrogen) atoms. The molecule has 4 saturated carbocycles. The van der Waals surface area contributed by atoms with E-state index in [1.165, 1.54) is 64.2 Å². The summed E-state index contributed by atoms with van der Waals surface area (Å²) in [4.78, 5) is 11.7. The number of rotatable bonds is 6. The van der Waals surface area contributed by atoms with Crippen LogP contribution in [0.4, 0.5) is 0 Å². The molecule has 0 saturated heterocycles. The van der Waals surface area contributed by atoms with Gasteiger partial charge in [0.15, 0.2) is 0 Å². The lowest BCUT2D eigenvalue weighted by Crippen LogP contribution is -2.53. The molecule has 0 radical (unpaired) electrons. The van der Waals surface area contributed by atoms with E-state index in [9.17, 15) is 4.79 Å². The maximum atomic E-state index is 11.7. The van der Waals surface area contributed by atoms with E-state index in [1.54, 1.807) is 0 Å². The Labute approximate surface area is 203 Å². The van der Waals surface area contributed by atoms with Crippen LogP contribution in [0.15, 0.2) is 5.16 Å². The van der Waals surface area contributed by atoms with Gasteiger partial charge in [0, 0.05) is 6.42 Å². The first-order valence-corrected chi connectivity index (χ1v) is 17.2. The fourth-order valence-electron chi connectivity index (χ4n) is 8.97. The summed E-state index contributed by atoms with van der Waals surface area (Å²) in [7, 11) is -0.0870. The van der Waals surface area contributed by atoms with Gasteiger partial charge in [-0.25, -0.2) is 0 Å². The molecule has 4 aliphatic rings. The summed E-state index contributed by atoms with van der Waals surface area (Å²) in [5.74, 6) is 4.79. The van der Waals surface area contributed by atoms with Gasteiger partial charge in [0.1, 0.15) is 0 Å². The molecule has 0 aliphatic heterocycles.